The summed E-state index contributed by atoms with van der Waals surface area (Å²) in [5, 5.41) is 0. The van der Waals surface area contributed by atoms with E-state index in [1.807, 2.05) is 0 Å². The monoisotopic (exact) mass is 267 g/mol. The second-order valence-corrected chi connectivity index (χ2v) is 4.09. The number of hydrogen-bond donors (Lipinski definition) is 0. The summed E-state index contributed by atoms with van der Waals surface area (Å²) < 4.78 is 23.1. The normalized spacial score (nSPS) is 15.2. The molecule has 0 aliphatic carbocycles. The van der Waals surface area contributed by atoms with Crippen LogP contribution >= 0.6 is 0 Å². The van der Waals surface area contributed by atoms with Gasteiger partial charge in [-0.05, 0) is 18.2 Å². The molecule has 1 saturated heterocycles. The summed E-state index contributed by atoms with van der Waals surface area (Å²) in [5.74, 6) is -1.74. The SMILES string of the molecule is COC(=O)c1cc(C(=O)N2CCOCC2)ccc1F. The Balaban J connectivity index is 2.24. The van der Waals surface area contributed by atoms with Crippen molar-refractivity contribution in [1.82, 2.24) is 4.90 Å². The van der Waals surface area contributed by atoms with Gasteiger partial charge in [-0.1, -0.05) is 0 Å². The number of halogens is 1. The molecule has 19 heavy (non-hydrogen) atoms. The molecule has 1 amide bonds. The van der Waals surface area contributed by atoms with Gasteiger partial charge in [-0.15, -0.1) is 0 Å². The van der Waals surface area contributed by atoms with E-state index in [9.17, 15) is 14.0 Å². The minimum Gasteiger partial charge on any atom is -0.465 e. The van der Waals surface area contributed by atoms with E-state index in [2.05, 4.69) is 4.74 Å². The Labute approximate surface area is 109 Å². The maximum atomic E-state index is 13.5. The standard InChI is InChI=1S/C13H14FNO4/c1-18-13(17)10-8-9(2-3-11(10)14)12(16)15-4-6-19-7-5-15/h2-3,8H,4-7H2,1H3. The smallest absolute Gasteiger partial charge is 0.340 e. The summed E-state index contributed by atoms with van der Waals surface area (Å²) >= 11 is 0. The number of amides is 1. The average Bonchev–Trinajstić information content (AvgIpc) is 2.47. The predicted octanol–water partition coefficient (Wildman–Crippen LogP) is 1.08. The van der Waals surface area contributed by atoms with Crippen LogP contribution in [-0.4, -0.2) is 50.2 Å². The molecule has 0 atom stereocenters. The van der Waals surface area contributed by atoms with Gasteiger partial charge >= 0.3 is 5.97 Å². The molecule has 102 valence electrons. The largest absolute Gasteiger partial charge is 0.465 e. The number of ether oxygens (including phenoxy) is 2. The molecule has 1 heterocycles. The van der Waals surface area contributed by atoms with Crippen LogP contribution in [0.5, 0.6) is 0 Å². The Bertz CT molecular complexity index is 497. The zero-order valence-electron chi connectivity index (χ0n) is 10.5. The van der Waals surface area contributed by atoms with E-state index in [1.165, 1.54) is 12.1 Å². The van der Waals surface area contributed by atoms with E-state index in [0.717, 1.165) is 13.2 Å². The second-order valence-electron chi connectivity index (χ2n) is 4.09. The van der Waals surface area contributed by atoms with E-state index < -0.39 is 11.8 Å². The lowest BCUT2D eigenvalue weighted by Gasteiger charge is -2.27. The second kappa shape index (κ2) is 5.79. The molecule has 0 saturated carbocycles. The van der Waals surface area contributed by atoms with E-state index in [1.54, 1.807) is 4.90 Å². The Morgan fingerprint density at radius 1 is 1.32 bits per heavy atom. The number of methoxy groups -OCH3 is 1. The minimum atomic E-state index is -0.797. The summed E-state index contributed by atoms with van der Waals surface area (Å²) in [5.41, 5.74) is 0.0327. The van der Waals surface area contributed by atoms with Gasteiger partial charge in [0.1, 0.15) is 5.82 Å². The van der Waals surface area contributed by atoms with Crippen molar-refractivity contribution >= 4 is 11.9 Å². The maximum absolute atomic E-state index is 13.5. The molecule has 0 aromatic heterocycles. The number of carbonyl (C=O) groups excluding carboxylic acids is 2. The Kier molecular flexibility index (Phi) is 4.11. The maximum Gasteiger partial charge on any atom is 0.340 e. The first-order valence-corrected chi connectivity index (χ1v) is 5.88. The summed E-state index contributed by atoms with van der Waals surface area (Å²) in [6.07, 6.45) is 0. The van der Waals surface area contributed by atoms with Gasteiger partial charge in [0.05, 0.1) is 25.9 Å². The van der Waals surface area contributed by atoms with Crippen molar-refractivity contribution in [2.24, 2.45) is 0 Å². The molecule has 0 spiro atoms. The molecular weight excluding hydrogens is 253 g/mol. The highest BCUT2D eigenvalue weighted by atomic mass is 19.1. The third-order valence-corrected chi connectivity index (χ3v) is 2.92. The van der Waals surface area contributed by atoms with Gasteiger partial charge in [-0.2, -0.15) is 0 Å². The Morgan fingerprint density at radius 3 is 2.63 bits per heavy atom. The summed E-state index contributed by atoms with van der Waals surface area (Å²) in [6, 6.07) is 3.68. The van der Waals surface area contributed by atoms with Gasteiger partial charge < -0.3 is 14.4 Å². The summed E-state index contributed by atoms with van der Waals surface area (Å²) in [7, 11) is 1.16. The van der Waals surface area contributed by atoms with Gasteiger partial charge in [-0.25, -0.2) is 9.18 Å². The molecule has 0 radical (unpaired) electrons. The predicted molar refractivity (Wildman–Crippen MR) is 64.5 cm³/mol. The van der Waals surface area contributed by atoms with E-state index in [4.69, 9.17) is 4.74 Å². The van der Waals surface area contributed by atoms with Crippen LogP contribution in [0, 0.1) is 5.82 Å². The molecule has 1 aromatic carbocycles. The molecule has 5 nitrogen and oxygen atoms in total. The fourth-order valence-electron chi connectivity index (χ4n) is 1.87. The molecule has 1 fully saturated rings. The first-order chi connectivity index (χ1) is 9.13. The zero-order chi connectivity index (χ0) is 13.8. The average molecular weight is 267 g/mol. The quantitative estimate of drug-likeness (QED) is 0.752. The van der Waals surface area contributed by atoms with Gasteiger partial charge in [0.25, 0.3) is 5.91 Å². The topological polar surface area (TPSA) is 55.8 Å². The van der Waals surface area contributed by atoms with Crippen LogP contribution in [0.3, 0.4) is 0 Å². The van der Waals surface area contributed by atoms with Crippen LogP contribution < -0.4 is 0 Å². The number of carbonyl (C=O) groups is 2. The highest BCUT2D eigenvalue weighted by Gasteiger charge is 2.21. The molecule has 1 aromatic rings. The van der Waals surface area contributed by atoms with Crippen LogP contribution in [-0.2, 0) is 9.47 Å². The highest BCUT2D eigenvalue weighted by Crippen LogP contribution is 2.14. The number of hydrogen-bond acceptors (Lipinski definition) is 4. The molecule has 0 N–H and O–H groups in total. The molecule has 1 aliphatic heterocycles. The first kappa shape index (κ1) is 13.5. The van der Waals surface area contributed by atoms with Crippen molar-refractivity contribution < 1.29 is 23.5 Å². The fourth-order valence-corrected chi connectivity index (χ4v) is 1.87. The van der Waals surface area contributed by atoms with Crippen LogP contribution in [0.2, 0.25) is 0 Å². The van der Waals surface area contributed by atoms with E-state index in [0.29, 0.717) is 26.3 Å². The Morgan fingerprint density at radius 2 is 2.00 bits per heavy atom. The number of rotatable bonds is 2. The molecule has 0 unspecified atom stereocenters. The van der Waals surface area contributed by atoms with E-state index in [-0.39, 0.29) is 17.0 Å². The number of morpholine rings is 1. The van der Waals surface area contributed by atoms with Crippen molar-refractivity contribution in [3.8, 4) is 0 Å². The number of esters is 1. The first-order valence-electron chi connectivity index (χ1n) is 5.88. The lowest BCUT2D eigenvalue weighted by atomic mass is 10.1. The number of nitrogens with zero attached hydrogens (tertiary/aromatic N) is 1. The molecule has 6 heteroatoms. The van der Waals surface area contributed by atoms with Gasteiger partial charge in [0.15, 0.2) is 0 Å². The summed E-state index contributed by atoms with van der Waals surface area (Å²) in [6.45, 7) is 1.95. The van der Waals surface area contributed by atoms with Crippen LogP contribution in [0.4, 0.5) is 4.39 Å². The van der Waals surface area contributed by atoms with Crippen molar-refractivity contribution in [3.63, 3.8) is 0 Å². The lowest BCUT2D eigenvalue weighted by Crippen LogP contribution is -2.40. The third kappa shape index (κ3) is 2.90. The zero-order valence-corrected chi connectivity index (χ0v) is 10.5. The lowest BCUT2D eigenvalue weighted by molar-refractivity contribution is 0.0303. The van der Waals surface area contributed by atoms with Crippen molar-refractivity contribution in [1.29, 1.82) is 0 Å². The van der Waals surface area contributed by atoms with Gasteiger partial charge in [-0.3, -0.25) is 4.79 Å². The molecular formula is C13H14FNO4. The molecule has 0 bridgehead atoms. The van der Waals surface area contributed by atoms with Crippen LogP contribution in [0.15, 0.2) is 18.2 Å². The number of benzene rings is 1. The van der Waals surface area contributed by atoms with Crippen molar-refractivity contribution in [2.45, 2.75) is 0 Å². The van der Waals surface area contributed by atoms with E-state index >= 15 is 0 Å². The molecule has 2 rings (SSSR count). The third-order valence-electron chi connectivity index (χ3n) is 2.92. The van der Waals surface area contributed by atoms with Crippen LogP contribution in [0.1, 0.15) is 20.7 Å². The van der Waals surface area contributed by atoms with Crippen molar-refractivity contribution in [3.05, 3.63) is 35.1 Å². The summed E-state index contributed by atoms with van der Waals surface area (Å²) in [4.78, 5) is 25.2. The van der Waals surface area contributed by atoms with Gasteiger partial charge in [0, 0.05) is 18.7 Å². The van der Waals surface area contributed by atoms with Crippen molar-refractivity contribution in [2.75, 3.05) is 33.4 Å². The minimum absolute atomic E-state index is 0.235. The fraction of sp³-hybridized carbons (Fsp3) is 0.385. The highest BCUT2D eigenvalue weighted by molar-refractivity contribution is 5.98. The van der Waals surface area contributed by atoms with Gasteiger partial charge in [0.2, 0.25) is 0 Å². The Hall–Kier alpha value is -1.95. The molecule has 1 aliphatic rings. The van der Waals surface area contributed by atoms with Crippen LogP contribution in [0.25, 0.3) is 0 Å².